The number of fused-ring (bicyclic) bond motifs is 2. The summed E-state index contributed by atoms with van der Waals surface area (Å²) < 4.78 is 4.99. The number of para-hydroxylation sites is 1. The molecule has 0 bridgehead atoms. The highest BCUT2D eigenvalue weighted by atomic mass is 16.2. The van der Waals surface area contributed by atoms with Crippen molar-refractivity contribution in [2.75, 3.05) is 17.6 Å². The number of pyridine rings is 1. The maximum Gasteiger partial charge on any atom is 0.264 e. The Kier molecular flexibility index (Phi) is 6.16. The minimum atomic E-state index is -0.553. The molecule has 1 aliphatic heterocycles. The first-order chi connectivity index (χ1) is 19.4. The van der Waals surface area contributed by atoms with Crippen LogP contribution in [0.1, 0.15) is 40.3 Å². The van der Waals surface area contributed by atoms with E-state index in [9.17, 15) is 9.59 Å². The van der Waals surface area contributed by atoms with Gasteiger partial charge in [-0.3, -0.25) is 14.2 Å². The smallest absolute Gasteiger partial charge is 0.264 e. The van der Waals surface area contributed by atoms with E-state index in [0.29, 0.717) is 34.7 Å². The molecule has 198 valence electrons. The second-order valence-corrected chi connectivity index (χ2v) is 9.47. The zero-order valence-corrected chi connectivity index (χ0v) is 21.9. The number of anilines is 2. The fourth-order valence-electron chi connectivity index (χ4n) is 4.86. The molecule has 40 heavy (non-hydrogen) atoms. The molecule has 0 spiro atoms. The number of carbonyl (C=O) groups is 1. The van der Waals surface area contributed by atoms with E-state index in [2.05, 4.69) is 32.6 Å². The predicted octanol–water partition coefficient (Wildman–Crippen LogP) is 3.29. The lowest BCUT2D eigenvalue weighted by molar-refractivity contribution is 0.0940. The summed E-state index contributed by atoms with van der Waals surface area (Å²) in [4.78, 5) is 31.7. The number of hydrogen-bond acceptors (Lipinski definition) is 6. The van der Waals surface area contributed by atoms with Crippen molar-refractivity contribution in [3.8, 4) is 17.5 Å². The molecular weight excluding hydrogens is 504 g/mol. The van der Waals surface area contributed by atoms with E-state index in [1.54, 1.807) is 28.0 Å². The van der Waals surface area contributed by atoms with Crippen LogP contribution in [0.15, 0.2) is 78.0 Å². The molecule has 1 atom stereocenters. The number of hydrogen-bond donors (Lipinski definition) is 3. The monoisotopic (exact) mass is 530 g/mol. The number of nitrogens with two attached hydrogens (primary N) is 1. The molecule has 10 nitrogen and oxygen atoms in total. The van der Waals surface area contributed by atoms with Crippen LogP contribution in [0.3, 0.4) is 0 Å². The summed E-state index contributed by atoms with van der Waals surface area (Å²) in [7, 11) is 1.87. The second kappa shape index (κ2) is 9.96. The zero-order chi connectivity index (χ0) is 27.8. The third-order valence-electron chi connectivity index (χ3n) is 6.82. The van der Waals surface area contributed by atoms with Gasteiger partial charge in [-0.1, -0.05) is 36.3 Å². The minimum absolute atomic E-state index is 0.120. The lowest BCUT2D eigenvalue weighted by atomic mass is 10.0. The first-order valence-corrected chi connectivity index (χ1v) is 12.7. The first-order valence-electron chi connectivity index (χ1n) is 12.7. The van der Waals surface area contributed by atoms with Gasteiger partial charge in [0.15, 0.2) is 5.82 Å². The second-order valence-electron chi connectivity index (χ2n) is 9.47. The predicted molar refractivity (Wildman–Crippen MR) is 155 cm³/mol. The fraction of sp³-hybridized carbons (Fsp3) is 0.133. The maximum atomic E-state index is 14.2. The van der Waals surface area contributed by atoms with Crippen molar-refractivity contribution in [1.82, 2.24) is 29.2 Å². The van der Waals surface area contributed by atoms with E-state index in [0.717, 1.165) is 11.1 Å². The summed E-state index contributed by atoms with van der Waals surface area (Å²) >= 11 is 0. The van der Waals surface area contributed by atoms with E-state index >= 15 is 0 Å². The van der Waals surface area contributed by atoms with Crippen LogP contribution in [0.4, 0.5) is 11.6 Å². The van der Waals surface area contributed by atoms with E-state index < -0.39 is 11.9 Å². The number of nitrogens with one attached hydrogen (secondary N) is 2. The number of carbonyl (C=O) groups excluding carboxylic acids is 1. The maximum absolute atomic E-state index is 14.2. The van der Waals surface area contributed by atoms with Crippen LogP contribution in [0.5, 0.6) is 0 Å². The van der Waals surface area contributed by atoms with Gasteiger partial charge >= 0.3 is 0 Å². The van der Waals surface area contributed by atoms with Crippen molar-refractivity contribution in [3.63, 3.8) is 0 Å². The van der Waals surface area contributed by atoms with Crippen LogP contribution in [0.2, 0.25) is 0 Å². The Morgan fingerprint density at radius 3 is 2.75 bits per heavy atom. The van der Waals surface area contributed by atoms with Gasteiger partial charge in [0, 0.05) is 36.7 Å². The summed E-state index contributed by atoms with van der Waals surface area (Å²) in [5.41, 5.74) is 8.77. The highest BCUT2D eigenvalue weighted by Crippen LogP contribution is 2.27. The zero-order valence-electron chi connectivity index (χ0n) is 21.9. The Morgan fingerprint density at radius 2 is 1.98 bits per heavy atom. The van der Waals surface area contributed by atoms with E-state index in [-0.39, 0.29) is 16.9 Å². The summed E-state index contributed by atoms with van der Waals surface area (Å²) in [6, 6.07) is 16.3. The molecule has 0 saturated heterocycles. The quantitative estimate of drug-likeness (QED) is 0.306. The Morgan fingerprint density at radius 1 is 1.15 bits per heavy atom. The van der Waals surface area contributed by atoms with Crippen molar-refractivity contribution in [2.24, 2.45) is 7.05 Å². The van der Waals surface area contributed by atoms with Gasteiger partial charge in [0.2, 0.25) is 0 Å². The molecule has 2 aromatic carbocycles. The molecule has 0 fully saturated rings. The van der Waals surface area contributed by atoms with Gasteiger partial charge in [-0.15, -0.1) is 5.10 Å². The van der Waals surface area contributed by atoms with E-state index in [1.165, 1.54) is 0 Å². The van der Waals surface area contributed by atoms with Gasteiger partial charge in [-0.05, 0) is 48.6 Å². The van der Waals surface area contributed by atoms with Gasteiger partial charge in [-0.25, -0.2) is 9.67 Å². The summed E-state index contributed by atoms with van der Waals surface area (Å²) in [6.45, 7) is 2.40. The lowest BCUT2D eigenvalue weighted by Crippen LogP contribution is -2.33. The molecule has 0 radical (unpaired) electrons. The van der Waals surface area contributed by atoms with Crippen molar-refractivity contribution >= 4 is 34.5 Å². The molecule has 4 heterocycles. The normalized spacial score (nSPS) is 12.8. The molecule has 6 rings (SSSR count). The third kappa shape index (κ3) is 4.29. The molecule has 1 amide bonds. The minimum Gasteiger partial charge on any atom is -0.381 e. The average Bonchev–Trinajstić information content (AvgIpc) is 3.53. The van der Waals surface area contributed by atoms with Crippen LogP contribution < -0.4 is 21.9 Å². The van der Waals surface area contributed by atoms with Crippen molar-refractivity contribution in [2.45, 2.75) is 13.0 Å². The number of amides is 1. The van der Waals surface area contributed by atoms with Crippen LogP contribution >= 0.6 is 0 Å². The molecular formula is C30H26N8O2. The number of nitrogen functional groups attached to an aromatic ring is 1. The van der Waals surface area contributed by atoms with E-state index in [1.807, 2.05) is 79.2 Å². The third-order valence-corrected chi connectivity index (χ3v) is 6.82. The Hall–Kier alpha value is -5.56. The SMILES string of the molecule is CC(NC(=O)c1c(N)nn2c1NCC=C2)c1cc2cccc(C#Cc3cncn3C)c2c(=O)n1-c1ccccc1. The summed E-state index contributed by atoms with van der Waals surface area (Å²) in [5, 5.41) is 11.6. The van der Waals surface area contributed by atoms with Crippen molar-refractivity contribution in [3.05, 3.63) is 106 Å². The Balaban J connectivity index is 1.47. The largest absolute Gasteiger partial charge is 0.381 e. The number of rotatable bonds is 4. The number of benzene rings is 2. The molecule has 1 unspecified atom stereocenters. The Bertz CT molecular complexity index is 1920. The highest BCUT2D eigenvalue weighted by Gasteiger charge is 2.26. The van der Waals surface area contributed by atoms with Crippen LogP contribution in [0, 0.1) is 11.8 Å². The average molecular weight is 531 g/mol. The van der Waals surface area contributed by atoms with Gasteiger partial charge in [-0.2, -0.15) is 0 Å². The molecule has 0 aliphatic carbocycles. The Labute approximate surface area is 229 Å². The van der Waals surface area contributed by atoms with Crippen molar-refractivity contribution < 1.29 is 4.79 Å². The van der Waals surface area contributed by atoms with Crippen LogP contribution in [-0.2, 0) is 7.05 Å². The standard InChI is InChI=1S/C30H26N8O2/c1-19(34-29(39)26-27(31)35-37-15-7-14-33-28(26)37)24-16-21-9-6-8-20(12-13-23-17-32-18-36(23)2)25(21)30(40)38(24)22-10-4-3-5-11-22/h3-11,15-19,33H,14H2,1-2H3,(H2,31,35)(H,34,39). The number of aromatic nitrogens is 5. The van der Waals surface area contributed by atoms with E-state index in [4.69, 9.17) is 5.73 Å². The van der Waals surface area contributed by atoms with Crippen LogP contribution in [-0.4, -0.2) is 36.4 Å². The van der Waals surface area contributed by atoms with Crippen molar-refractivity contribution in [1.29, 1.82) is 0 Å². The van der Waals surface area contributed by atoms with Gasteiger partial charge in [0.1, 0.15) is 17.1 Å². The lowest BCUT2D eigenvalue weighted by Gasteiger charge is -2.21. The first kappa shape index (κ1) is 24.8. The van der Waals surface area contributed by atoms with Gasteiger partial charge in [0.05, 0.1) is 24.0 Å². The molecule has 0 saturated carbocycles. The topological polar surface area (TPSA) is 125 Å². The molecule has 1 aliphatic rings. The number of nitrogens with zero attached hydrogens (tertiary/aromatic N) is 5. The molecule has 10 heteroatoms. The molecule has 3 aromatic heterocycles. The number of aryl methyl sites for hydroxylation is 1. The van der Waals surface area contributed by atoms with Crippen LogP contribution in [0.25, 0.3) is 22.7 Å². The fourth-order valence-corrected chi connectivity index (χ4v) is 4.86. The van der Waals surface area contributed by atoms with Gasteiger partial charge < -0.3 is 20.9 Å². The summed E-state index contributed by atoms with van der Waals surface area (Å²) in [6.07, 6.45) is 7.00. The highest BCUT2D eigenvalue weighted by molar-refractivity contribution is 6.04. The van der Waals surface area contributed by atoms with Gasteiger partial charge in [0.25, 0.3) is 11.5 Å². The number of imidazole rings is 1. The molecule has 4 N–H and O–H groups in total. The molecule has 5 aromatic rings. The summed E-state index contributed by atoms with van der Waals surface area (Å²) in [5.74, 6) is 6.52.